The Kier molecular flexibility index (Phi) is 3.95. The number of nitrogen functional groups attached to an aromatic ring is 1. The number of hydrogen-bond acceptors (Lipinski definition) is 3. The third-order valence-corrected chi connectivity index (χ3v) is 3.19. The van der Waals surface area contributed by atoms with E-state index in [4.69, 9.17) is 5.73 Å². The Morgan fingerprint density at radius 2 is 1.80 bits per heavy atom. The van der Waals surface area contributed by atoms with Crippen LogP contribution in [0.5, 0.6) is 0 Å². The molecular weight excluding hydrogens is 186 g/mol. The molecule has 0 unspecified atom stereocenters. The summed E-state index contributed by atoms with van der Waals surface area (Å²) in [5.74, 6) is 1.44. The van der Waals surface area contributed by atoms with Gasteiger partial charge in [0.2, 0.25) is 0 Å². The van der Waals surface area contributed by atoms with E-state index in [-0.39, 0.29) is 5.54 Å². The van der Waals surface area contributed by atoms with Gasteiger partial charge in [-0.25, -0.2) is 4.98 Å². The minimum absolute atomic E-state index is 0.154. The van der Waals surface area contributed by atoms with Crippen molar-refractivity contribution < 1.29 is 0 Å². The monoisotopic (exact) mass is 207 g/mol. The number of aromatic nitrogens is 1. The van der Waals surface area contributed by atoms with Gasteiger partial charge in [0.25, 0.3) is 0 Å². The van der Waals surface area contributed by atoms with E-state index in [9.17, 15) is 0 Å². The molecule has 1 aromatic rings. The van der Waals surface area contributed by atoms with Gasteiger partial charge in [0, 0.05) is 5.54 Å². The van der Waals surface area contributed by atoms with Crippen LogP contribution in [0.1, 0.15) is 40.0 Å². The second-order valence-corrected chi connectivity index (χ2v) is 3.91. The highest BCUT2D eigenvalue weighted by atomic mass is 15.1. The van der Waals surface area contributed by atoms with Crippen LogP contribution >= 0.6 is 0 Å². The number of nitrogens with zero attached hydrogens (tertiary/aromatic N) is 1. The van der Waals surface area contributed by atoms with Crippen LogP contribution in [0.4, 0.5) is 11.6 Å². The van der Waals surface area contributed by atoms with Gasteiger partial charge in [-0.05, 0) is 31.4 Å². The number of pyridine rings is 1. The van der Waals surface area contributed by atoms with E-state index in [1.807, 2.05) is 12.1 Å². The molecule has 0 aliphatic rings. The van der Waals surface area contributed by atoms with Gasteiger partial charge in [0.05, 0.1) is 0 Å². The van der Waals surface area contributed by atoms with Gasteiger partial charge in [-0.15, -0.1) is 0 Å². The molecule has 1 aromatic heterocycles. The molecule has 1 rings (SSSR count). The summed E-state index contributed by atoms with van der Waals surface area (Å²) < 4.78 is 0. The van der Waals surface area contributed by atoms with Crippen LogP contribution in [0.15, 0.2) is 18.2 Å². The summed E-state index contributed by atoms with van der Waals surface area (Å²) >= 11 is 0. The minimum Gasteiger partial charge on any atom is -0.384 e. The van der Waals surface area contributed by atoms with Crippen LogP contribution in [-0.2, 0) is 0 Å². The van der Waals surface area contributed by atoms with E-state index < -0.39 is 0 Å². The van der Waals surface area contributed by atoms with Crippen molar-refractivity contribution in [2.75, 3.05) is 11.1 Å². The Balaban J connectivity index is 2.82. The average molecular weight is 207 g/mol. The van der Waals surface area contributed by atoms with E-state index in [0.717, 1.165) is 25.1 Å². The molecule has 0 saturated carbocycles. The number of rotatable bonds is 5. The molecule has 0 amide bonds. The predicted molar refractivity (Wildman–Crippen MR) is 65.9 cm³/mol. The Morgan fingerprint density at radius 3 is 2.27 bits per heavy atom. The summed E-state index contributed by atoms with van der Waals surface area (Å²) in [7, 11) is 0. The third-order valence-electron chi connectivity index (χ3n) is 3.19. The third kappa shape index (κ3) is 2.85. The molecule has 1 heterocycles. The van der Waals surface area contributed by atoms with Crippen molar-refractivity contribution in [3.05, 3.63) is 18.2 Å². The van der Waals surface area contributed by atoms with Crippen molar-refractivity contribution in [1.82, 2.24) is 4.98 Å². The van der Waals surface area contributed by atoms with E-state index >= 15 is 0 Å². The summed E-state index contributed by atoms with van der Waals surface area (Å²) in [6.07, 6.45) is 3.28. The van der Waals surface area contributed by atoms with Crippen LogP contribution < -0.4 is 11.1 Å². The topological polar surface area (TPSA) is 50.9 Å². The number of nitrogens with two attached hydrogens (primary N) is 1. The fourth-order valence-electron chi connectivity index (χ4n) is 1.81. The highest BCUT2D eigenvalue weighted by Crippen LogP contribution is 2.24. The highest BCUT2D eigenvalue weighted by molar-refractivity contribution is 5.44. The first kappa shape index (κ1) is 11.8. The van der Waals surface area contributed by atoms with Gasteiger partial charge in [0.15, 0.2) is 0 Å². The van der Waals surface area contributed by atoms with Gasteiger partial charge < -0.3 is 11.1 Å². The van der Waals surface area contributed by atoms with E-state index in [0.29, 0.717) is 5.82 Å². The fourth-order valence-corrected chi connectivity index (χ4v) is 1.81. The summed E-state index contributed by atoms with van der Waals surface area (Å²) in [6, 6.07) is 5.69. The lowest BCUT2D eigenvalue weighted by atomic mass is 9.90. The highest BCUT2D eigenvalue weighted by Gasteiger charge is 2.23. The largest absolute Gasteiger partial charge is 0.384 e. The number of anilines is 2. The molecule has 0 aliphatic carbocycles. The molecule has 0 radical (unpaired) electrons. The Labute approximate surface area is 92.1 Å². The van der Waals surface area contributed by atoms with Crippen LogP contribution in [0.2, 0.25) is 0 Å². The SMILES string of the molecule is CCC(CC)(CC)Nc1cccc(N)n1. The average Bonchev–Trinajstić information content (AvgIpc) is 2.26. The molecule has 0 aliphatic heterocycles. The van der Waals surface area contributed by atoms with Crippen LogP contribution in [-0.4, -0.2) is 10.5 Å². The number of hydrogen-bond donors (Lipinski definition) is 2. The molecule has 0 bridgehead atoms. The molecule has 3 N–H and O–H groups in total. The van der Waals surface area contributed by atoms with Gasteiger partial charge >= 0.3 is 0 Å². The molecule has 15 heavy (non-hydrogen) atoms. The number of nitrogens with one attached hydrogen (secondary N) is 1. The Hall–Kier alpha value is -1.25. The van der Waals surface area contributed by atoms with Crippen molar-refractivity contribution in [1.29, 1.82) is 0 Å². The van der Waals surface area contributed by atoms with Crippen molar-refractivity contribution in [3.63, 3.8) is 0 Å². The summed E-state index contributed by atoms with van der Waals surface area (Å²) in [4.78, 5) is 4.27. The molecule has 0 spiro atoms. The molecule has 3 heteroatoms. The standard InChI is InChI=1S/C12H21N3/c1-4-12(5-2,6-3)15-11-9-7-8-10(13)14-11/h7-9H,4-6H2,1-3H3,(H3,13,14,15). The maximum absolute atomic E-state index is 5.65. The normalized spacial score (nSPS) is 11.4. The lowest BCUT2D eigenvalue weighted by Gasteiger charge is -2.32. The fraction of sp³-hybridized carbons (Fsp3) is 0.583. The lowest BCUT2D eigenvalue weighted by Crippen LogP contribution is -2.36. The smallest absolute Gasteiger partial charge is 0.128 e. The van der Waals surface area contributed by atoms with Crippen LogP contribution in [0.25, 0.3) is 0 Å². The molecule has 0 atom stereocenters. The van der Waals surface area contributed by atoms with Gasteiger partial charge in [-0.1, -0.05) is 26.8 Å². The molecule has 3 nitrogen and oxygen atoms in total. The maximum atomic E-state index is 5.65. The van der Waals surface area contributed by atoms with Gasteiger partial charge in [-0.3, -0.25) is 0 Å². The van der Waals surface area contributed by atoms with Gasteiger partial charge in [0.1, 0.15) is 11.6 Å². The Bertz CT molecular complexity index is 297. The summed E-state index contributed by atoms with van der Waals surface area (Å²) in [6.45, 7) is 6.60. The first-order chi connectivity index (χ1) is 7.15. The first-order valence-corrected chi connectivity index (χ1v) is 5.66. The first-order valence-electron chi connectivity index (χ1n) is 5.66. The van der Waals surface area contributed by atoms with Crippen LogP contribution in [0.3, 0.4) is 0 Å². The molecule has 0 aromatic carbocycles. The zero-order valence-corrected chi connectivity index (χ0v) is 9.88. The second-order valence-electron chi connectivity index (χ2n) is 3.91. The zero-order chi connectivity index (χ0) is 11.3. The minimum atomic E-state index is 0.154. The quantitative estimate of drug-likeness (QED) is 0.780. The molecule has 0 fully saturated rings. The predicted octanol–water partition coefficient (Wildman–Crippen LogP) is 3.04. The molecule has 84 valence electrons. The lowest BCUT2D eigenvalue weighted by molar-refractivity contribution is 0.419. The summed E-state index contributed by atoms with van der Waals surface area (Å²) in [5, 5.41) is 3.49. The zero-order valence-electron chi connectivity index (χ0n) is 9.88. The van der Waals surface area contributed by atoms with Crippen molar-refractivity contribution in [2.45, 2.75) is 45.6 Å². The van der Waals surface area contributed by atoms with Gasteiger partial charge in [-0.2, -0.15) is 0 Å². The molecule has 0 saturated heterocycles. The van der Waals surface area contributed by atoms with E-state index in [2.05, 4.69) is 31.1 Å². The Morgan fingerprint density at radius 1 is 1.20 bits per heavy atom. The van der Waals surface area contributed by atoms with Crippen LogP contribution in [0, 0.1) is 0 Å². The maximum Gasteiger partial charge on any atom is 0.128 e. The summed E-state index contributed by atoms with van der Waals surface area (Å²) in [5.41, 5.74) is 5.80. The molecular formula is C12H21N3. The second kappa shape index (κ2) is 5.01. The van der Waals surface area contributed by atoms with Crippen molar-refractivity contribution >= 4 is 11.6 Å². The van der Waals surface area contributed by atoms with Crippen molar-refractivity contribution in [2.24, 2.45) is 0 Å². The van der Waals surface area contributed by atoms with E-state index in [1.165, 1.54) is 0 Å². The van der Waals surface area contributed by atoms with E-state index in [1.54, 1.807) is 6.07 Å². The van der Waals surface area contributed by atoms with Crippen molar-refractivity contribution in [3.8, 4) is 0 Å².